The first-order chi connectivity index (χ1) is 23.3. The Kier molecular flexibility index (Phi) is 11.0. The van der Waals surface area contributed by atoms with Gasteiger partial charge in [0, 0.05) is 47.7 Å². The van der Waals surface area contributed by atoms with Crippen LogP contribution < -0.4 is 14.8 Å². The van der Waals surface area contributed by atoms with E-state index in [0.29, 0.717) is 35.7 Å². The van der Waals surface area contributed by atoms with Gasteiger partial charge < -0.3 is 24.6 Å². The molecule has 2 N–H and O–H groups in total. The predicted octanol–water partition coefficient (Wildman–Crippen LogP) is 5.84. The summed E-state index contributed by atoms with van der Waals surface area (Å²) in [6.45, 7) is 0.453. The number of methoxy groups -OCH3 is 1. The van der Waals surface area contributed by atoms with Gasteiger partial charge in [-0.3, -0.25) is 4.79 Å². The summed E-state index contributed by atoms with van der Waals surface area (Å²) in [5.41, 5.74) is 9.43. The van der Waals surface area contributed by atoms with Crippen LogP contribution in [0, 0.1) is 0 Å². The molecular weight excluding hydrogens is 634 g/mol. The summed E-state index contributed by atoms with van der Waals surface area (Å²) >= 11 is 0. The van der Waals surface area contributed by atoms with Gasteiger partial charge in [0.15, 0.2) is 21.5 Å². The van der Waals surface area contributed by atoms with E-state index < -0.39 is 33.1 Å². The zero-order valence-electron chi connectivity index (χ0n) is 26.2. The maximum Gasteiger partial charge on any atom is 0.252 e. The molecule has 1 aliphatic rings. The van der Waals surface area contributed by atoms with Gasteiger partial charge >= 0.3 is 0 Å². The van der Waals surface area contributed by atoms with Crippen molar-refractivity contribution in [3.05, 3.63) is 130 Å². The molecule has 48 heavy (non-hydrogen) atoms. The van der Waals surface area contributed by atoms with Crippen LogP contribution in [-0.2, 0) is 25.9 Å². The summed E-state index contributed by atoms with van der Waals surface area (Å²) in [4.78, 5) is 22.4. The van der Waals surface area contributed by atoms with E-state index in [1.54, 1.807) is 86.0 Å². The van der Waals surface area contributed by atoms with Gasteiger partial charge in [-0.1, -0.05) is 59.7 Å². The molecule has 0 saturated heterocycles. The fourth-order valence-corrected chi connectivity index (χ4v) is 6.70. The molecular formula is C35H35N5O7S. The maximum atomic E-state index is 14.5. The minimum absolute atomic E-state index is 0.00401. The molecule has 4 aromatic rings. The lowest BCUT2D eigenvalue weighted by Crippen LogP contribution is -2.49. The number of carbonyl (C=O) groups is 1. The van der Waals surface area contributed by atoms with Gasteiger partial charge in [0.05, 0.1) is 24.4 Å². The first kappa shape index (κ1) is 34.0. The van der Waals surface area contributed by atoms with Crippen molar-refractivity contribution >= 4 is 27.3 Å². The SMILES string of the molecule is COc1ccc(CNC(=O)[C@]2(CCS(=O)(=O)c3ccccc3)N=C(c3ccc(OCCCO)cc3)O[C@@H]2c2ccccc2N=[N+]=[N-])cc1. The van der Waals surface area contributed by atoms with Crippen LogP contribution in [0.25, 0.3) is 10.4 Å². The number of carbonyl (C=O) groups excluding carboxylic acids is 1. The van der Waals surface area contributed by atoms with E-state index >= 15 is 0 Å². The molecule has 0 aromatic heterocycles. The van der Waals surface area contributed by atoms with Gasteiger partial charge in [0.2, 0.25) is 5.90 Å². The van der Waals surface area contributed by atoms with Gasteiger partial charge in [-0.15, -0.1) is 0 Å². The fraction of sp³-hybridized carbons (Fsp3) is 0.257. The van der Waals surface area contributed by atoms with Gasteiger partial charge in [-0.2, -0.15) is 0 Å². The number of benzene rings is 4. The van der Waals surface area contributed by atoms with Crippen molar-refractivity contribution in [3.8, 4) is 11.5 Å². The molecule has 2 atom stereocenters. The molecule has 0 spiro atoms. The topological polar surface area (TPSA) is 172 Å². The van der Waals surface area contributed by atoms with Crippen molar-refractivity contribution in [2.24, 2.45) is 10.1 Å². The summed E-state index contributed by atoms with van der Waals surface area (Å²) in [5.74, 6) is 0.333. The Morgan fingerprint density at radius 3 is 2.38 bits per heavy atom. The molecule has 0 aliphatic carbocycles. The van der Waals surface area contributed by atoms with Crippen LogP contribution in [0.4, 0.5) is 5.69 Å². The van der Waals surface area contributed by atoms with E-state index in [4.69, 9.17) is 24.3 Å². The lowest BCUT2D eigenvalue weighted by molar-refractivity contribution is -0.129. The van der Waals surface area contributed by atoms with Gasteiger partial charge in [0.1, 0.15) is 11.5 Å². The van der Waals surface area contributed by atoms with Gasteiger partial charge in [-0.25, -0.2) is 13.4 Å². The first-order valence-corrected chi connectivity index (χ1v) is 16.9. The summed E-state index contributed by atoms with van der Waals surface area (Å²) < 4.78 is 44.5. The summed E-state index contributed by atoms with van der Waals surface area (Å²) in [6.07, 6.45) is -0.930. The first-order valence-electron chi connectivity index (χ1n) is 15.2. The number of ether oxygens (including phenoxy) is 3. The third-order valence-corrected chi connectivity index (χ3v) is 9.60. The maximum absolute atomic E-state index is 14.5. The number of hydrogen-bond acceptors (Lipinski definition) is 9. The Labute approximate surface area is 278 Å². The number of rotatable bonds is 15. The van der Waals surface area contributed by atoms with Crippen molar-refractivity contribution in [1.82, 2.24) is 5.32 Å². The number of aliphatic hydroxyl groups is 1. The number of nitrogens with zero attached hydrogens (tertiary/aromatic N) is 4. The molecule has 248 valence electrons. The standard InChI is InChI=1S/C35H35N5O7S/c1-45-27-16-12-25(13-17-27)24-37-34(42)35(20-23-48(43,44)29-8-3-2-4-9-29)32(30-10-5-6-11-31(30)39-40-36)47-33(38-35)26-14-18-28(19-15-26)46-22-7-21-41/h2-6,8-19,32,41H,7,20-24H2,1H3,(H,37,42)/t32-,35-/m1/s1. The molecule has 5 rings (SSSR count). The normalized spacial score (nSPS) is 17.0. The van der Waals surface area contributed by atoms with E-state index in [2.05, 4.69) is 15.3 Å². The second-order valence-electron chi connectivity index (χ2n) is 11.0. The van der Waals surface area contributed by atoms with Crippen molar-refractivity contribution < 1.29 is 32.5 Å². The van der Waals surface area contributed by atoms with E-state index in [1.165, 1.54) is 12.1 Å². The quantitative estimate of drug-likeness (QED) is 0.0693. The van der Waals surface area contributed by atoms with Gasteiger partial charge in [0.25, 0.3) is 5.91 Å². The van der Waals surface area contributed by atoms with Gasteiger partial charge in [-0.05, 0) is 59.6 Å². The number of sulfone groups is 1. The molecule has 1 heterocycles. The molecule has 13 heteroatoms. The average molecular weight is 670 g/mol. The molecule has 1 amide bonds. The molecule has 0 unspecified atom stereocenters. The number of amides is 1. The number of nitrogens with one attached hydrogen (secondary N) is 1. The van der Waals surface area contributed by atoms with Crippen LogP contribution in [0.2, 0.25) is 0 Å². The highest BCUT2D eigenvalue weighted by Crippen LogP contribution is 2.46. The lowest BCUT2D eigenvalue weighted by Gasteiger charge is -2.31. The number of aliphatic hydroxyl groups excluding tert-OH is 1. The van der Waals surface area contributed by atoms with Crippen LogP contribution >= 0.6 is 0 Å². The minimum atomic E-state index is -3.85. The van der Waals surface area contributed by atoms with Crippen molar-refractivity contribution in [3.63, 3.8) is 0 Å². The van der Waals surface area contributed by atoms with Crippen molar-refractivity contribution in [2.75, 3.05) is 26.1 Å². The highest BCUT2D eigenvalue weighted by atomic mass is 32.2. The van der Waals surface area contributed by atoms with E-state index in [-0.39, 0.29) is 36.1 Å². The summed E-state index contributed by atoms with van der Waals surface area (Å²) in [6, 6.07) is 28.7. The summed E-state index contributed by atoms with van der Waals surface area (Å²) in [7, 11) is -2.29. The molecule has 0 radical (unpaired) electrons. The predicted molar refractivity (Wildman–Crippen MR) is 180 cm³/mol. The van der Waals surface area contributed by atoms with E-state index in [1.807, 2.05) is 12.1 Å². The minimum Gasteiger partial charge on any atom is -0.497 e. The van der Waals surface area contributed by atoms with Crippen LogP contribution in [0.15, 0.2) is 118 Å². The van der Waals surface area contributed by atoms with Crippen LogP contribution in [0.5, 0.6) is 11.5 Å². The van der Waals surface area contributed by atoms with Crippen LogP contribution in [0.1, 0.15) is 35.6 Å². The van der Waals surface area contributed by atoms with E-state index in [0.717, 1.165) is 5.56 Å². The van der Waals surface area contributed by atoms with Crippen molar-refractivity contribution in [2.45, 2.75) is 35.9 Å². The smallest absolute Gasteiger partial charge is 0.252 e. The highest BCUT2D eigenvalue weighted by Gasteiger charge is 2.54. The average Bonchev–Trinajstić information content (AvgIpc) is 3.52. The highest BCUT2D eigenvalue weighted by molar-refractivity contribution is 7.91. The molecule has 4 aromatic carbocycles. The molecule has 12 nitrogen and oxygen atoms in total. The Balaban J connectivity index is 1.58. The third-order valence-electron chi connectivity index (χ3n) is 7.87. The number of aliphatic imine (C=N–C) groups is 1. The summed E-state index contributed by atoms with van der Waals surface area (Å²) in [5, 5.41) is 15.9. The molecule has 0 saturated carbocycles. The Bertz CT molecular complexity index is 1900. The third kappa shape index (κ3) is 7.77. The zero-order chi connectivity index (χ0) is 34.0. The zero-order valence-corrected chi connectivity index (χ0v) is 27.0. The van der Waals surface area contributed by atoms with Crippen LogP contribution in [-0.4, -0.2) is 56.9 Å². The Morgan fingerprint density at radius 2 is 1.69 bits per heavy atom. The molecule has 0 fully saturated rings. The second-order valence-corrected chi connectivity index (χ2v) is 13.1. The Morgan fingerprint density at radius 1 is 1.00 bits per heavy atom. The molecule has 1 aliphatic heterocycles. The van der Waals surface area contributed by atoms with Crippen molar-refractivity contribution in [1.29, 1.82) is 0 Å². The van der Waals surface area contributed by atoms with E-state index in [9.17, 15) is 18.7 Å². The van der Waals surface area contributed by atoms with Crippen LogP contribution in [0.3, 0.4) is 0 Å². The molecule has 0 bridgehead atoms. The largest absolute Gasteiger partial charge is 0.497 e. The number of hydrogen-bond donors (Lipinski definition) is 2. The monoisotopic (exact) mass is 669 g/mol. The fourth-order valence-electron chi connectivity index (χ4n) is 5.31. The Hall–Kier alpha value is -5.36. The number of azide groups is 1. The lowest BCUT2D eigenvalue weighted by atomic mass is 9.84. The second kappa shape index (κ2) is 15.5.